The Morgan fingerprint density at radius 1 is 1.38 bits per heavy atom. The summed E-state index contributed by atoms with van der Waals surface area (Å²) in [6.07, 6.45) is 1.71. The maximum absolute atomic E-state index is 12.5. The highest BCUT2D eigenvalue weighted by Gasteiger charge is 2.21. The van der Waals surface area contributed by atoms with Gasteiger partial charge in [0, 0.05) is 12.6 Å². The number of benzene rings is 1. The average Bonchev–Trinajstić information content (AvgIpc) is 2.49. The Bertz CT molecular complexity index is 445. The molecule has 0 unspecified atom stereocenters. The first kappa shape index (κ1) is 17.5. The van der Waals surface area contributed by atoms with Gasteiger partial charge in [-0.25, -0.2) is 0 Å². The lowest BCUT2D eigenvalue weighted by atomic mass is 10.0. The molecule has 4 nitrogen and oxygen atoms in total. The molecule has 0 saturated carbocycles. The molecule has 1 rings (SSSR count). The zero-order valence-electron chi connectivity index (χ0n) is 13.5. The van der Waals surface area contributed by atoms with E-state index in [0.717, 1.165) is 12.8 Å². The van der Waals surface area contributed by atoms with E-state index in [2.05, 4.69) is 13.8 Å². The van der Waals surface area contributed by atoms with Crippen molar-refractivity contribution < 1.29 is 14.6 Å². The van der Waals surface area contributed by atoms with Crippen molar-refractivity contribution in [1.29, 1.82) is 0 Å². The molecule has 118 valence electrons. The van der Waals surface area contributed by atoms with Crippen LogP contribution in [-0.4, -0.2) is 42.2 Å². The fourth-order valence-corrected chi connectivity index (χ4v) is 2.21. The number of carbonyl (C=O) groups excluding carboxylic acids is 1. The van der Waals surface area contributed by atoms with Gasteiger partial charge in [0.05, 0.1) is 19.3 Å². The van der Waals surface area contributed by atoms with Gasteiger partial charge in [0.15, 0.2) is 0 Å². The van der Waals surface area contributed by atoms with E-state index in [4.69, 9.17) is 4.74 Å². The van der Waals surface area contributed by atoms with Gasteiger partial charge in [-0.05, 0) is 37.0 Å². The van der Waals surface area contributed by atoms with Gasteiger partial charge in [-0.3, -0.25) is 4.79 Å². The van der Waals surface area contributed by atoms with Gasteiger partial charge in [0.25, 0.3) is 5.91 Å². The van der Waals surface area contributed by atoms with Crippen LogP contribution >= 0.6 is 0 Å². The Hall–Kier alpha value is -1.55. The predicted molar refractivity (Wildman–Crippen MR) is 84.7 cm³/mol. The van der Waals surface area contributed by atoms with E-state index in [-0.39, 0.29) is 18.6 Å². The fraction of sp³-hybridized carbons (Fsp3) is 0.588. The summed E-state index contributed by atoms with van der Waals surface area (Å²) in [4.78, 5) is 14.1. The minimum Gasteiger partial charge on any atom is -0.494 e. The Morgan fingerprint density at radius 2 is 2.10 bits per heavy atom. The van der Waals surface area contributed by atoms with Crippen molar-refractivity contribution in [3.05, 3.63) is 29.8 Å². The minimum atomic E-state index is -0.155. The van der Waals surface area contributed by atoms with Crippen LogP contribution in [0, 0.1) is 5.92 Å². The standard InChI is InChI=1S/C17H27NO3/c1-5-9-21-16-8-6-7-14(11-16)17(20)18(4)15(12-19)10-13(2)3/h6-8,11,13,15,19H,5,9-10,12H2,1-4H3/t15-/m0/s1. The van der Waals surface area contributed by atoms with Gasteiger partial charge in [-0.2, -0.15) is 0 Å². The van der Waals surface area contributed by atoms with Crippen LogP contribution in [0.5, 0.6) is 5.75 Å². The molecule has 0 aliphatic carbocycles. The summed E-state index contributed by atoms with van der Waals surface area (Å²) in [6.45, 7) is 6.83. The lowest BCUT2D eigenvalue weighted by Crippen LogP contribution is -2.40. The Balaban J connectivity index is 2.81. The third kappa shape index (κ3) is 5.38. The molecule has 0 radical (unpaired) electrons. The van der Waals surface area contributed by atoms with Crippen LogP contribution < -0.4 is 4.74 Å². The predicted octanol–water partition coefficient (Wildman–Crippen LogP) is 2.95. The second-order valence-corrected chi connectivity index (χ2v) is 5.76. The molecule has 1 atom stereocenters. The Labute approximate surface area is 127 Å². The summed E-state index contributed by atoms with van der Waals surface area (Å²) in [7, 11) is 1.74. The van der Waals surface area contributed by atoms with Crippen LogP contribution in [0.2, 0.25) is 0 Å². The second-order valence-electron chi connectivity index (χ2n) is 5.76. The number of ether oxygens (including phenoxy) is 1. The largest absolute Gasteiger partial charge is 0.494 e. The van der Waals surface area contributed by atoms with E-state index in [1.165, 1.54) is 0 Å². The number of rotatable bonds is 8. The molecule has 1 aromatic carbocycles. The summed E-state index contributed by atoms with van der Waals surface area (Å²) in [5, 5.41) is 9.49. The second kappa shape index (κ2) is 8.67. The number of hydrogen-bond donors (Lipinski definition) is 1. The number of hydrogen-bond acceptors (Lipinski definition) is 3. The molecular weight excluding hydrogens is 266 g/mol. The molecule has 0 heterocycles. The van der Waals surface area contributed by atoms with Gasteiger partial charge in [0.2, 0.25) is 0 Å². The highest BCUT2D eigenvalue weighted by molar-refractivity contribution is 5.94. The molecule has 1 amide bonds. The first-order valence-corrected chi connectivity index (χ1v) is 7.60. The number of nitrogens with zero attached hydrogens (tertiary/aromatic N) is 1. The van der Waals surface area contributed by atoms with Crippen LogP contribution in [0.25, 0.3) is 0 Å². The highest BCUT2D eigenvalue weighted by atomic mass is 16.5. The molecule has 0 bridgehead atoms. The number of aliphatic hydroxyl groups is 1. The van der Waals surface area contributed by atoms with E-state index >= 15 is 0 Å². The van der Waals surface area contributed by atoms with Crippen molar-refractivity contribution in [3.63, 3.8) is 0 Å². The van der Waals surface area contributed by atoms with Crippen molar-refractivity contribution in [2.24, 2.45) is 5.92 Å². The molecule has 1 N–H and O–H groups in total. The maximum atomic E-state index is 12.5. The van der Waals surface area contributed by atoms with Crippen LogP contribution in [0.3, 0.4) is 0 Å². The van der Waals surface area contributed by atoms with E-state index in [1.54, 1.807) is 24.1 Å². The number of likely N-dealkylation sites (N-methyl/N-ethyl adjacent to an activating group) is 1. The number of amides is 1. The summed E-state index contributed by atoms with van der Waals surface area (Å²) >= 11 is 0. The van der Waals surface area contributed by atoms with Crippen LogP contribution in [0.1, 0.15) is 44.0 Å². The normalized spacial score (nSPS) is 12.3. The first-order valence-electron chi connectivity index (χ1n) is 7.60. The van der Waals surface area contributed by atoms with Crippen molar-refractivity contribution in [1.82, 2.24) is 4.90 Å². The van der Waals surface area contributed by atoms with Crippen LogP contribution in [0.15, 0.2) is 24.3 Å². The zero-order valence-corrected chi connectivity index (χ0v) is 13.5. The van der Waals surface area contributed by atoms with Gasteiger partial charge >= 0.3 is 0 Å². The molecule has 0 saturated heterocycles. The van der Waals surface area contributed by atoms with Gasteiger partial charge in [-0.1, -0.05) is 26.8 Å². The lowest BCUT2D eigenvalue weighted by Gasteiger charge is -2.28. The first-order chi connectivity index (χ1) is 9.99. The lowest BCUT2D eigenvalue weighted by molar-refractivity contribution is 0.0630. The van der Waals surface area contributed by atoms with Crippen molar-refractivity contribution >= 4 is 5.91 Å². The van der Waals surface area contributed by atoms with Gasteiger partial charge in [0.1, 0.15) is 5.75 Å². The summed E-state index contributed by atoms with van der Waals surface area (Å²) in [5.74, 6) is 1.05. The third-order valence-corrected chi connectivity index (χ3v) is 3.38. The number of aliphatic hydroxyl groups excluding tert-OH is 1. The monoisotopic (exact) mass is 293 g/mol. The van der Waals surface area contributed by atoms with E-state index in [1.807, 2.05) is 19.1 Å². The zero-order chi connectivity index (χ0) is 15.8. The molecule has 0 aromatic heterocycles. The van der Waals surface area contributed by atoms with Gasteiger partial charge < -0.3 is 14.7 Å². The van der Waals surface area contributed by atoms with E-state index in [0.29, 0.717) is 23.8 Å². The third-order valence-electron chi connectivity index (χ3n) is 3.38. The average molecular weight is 293 g/mol. The maximum Gasteiger partial charge on any atom is 0.254 e. The fourth-order valence-electron chi connectivity index (χ4n) is 2.21. The van der Waals surface area contributed by atoms with Crippen molar-refractivity contribution in [2.45, 2.75) is 39.7 Å². The molecule has 0 aliphatic rings. The molecule has 0 spiro atoms. The van der Waals surface area contributed by atoms with Gasteiger partial charge in [-0.15, -0.1) is 0 Å². The van der Waals surface area contributed by atoms with Crippen molar-refractivity contribution in [3.8, 4) is 5.75 Å². The Kier molecular flexibility index (Phi) is 7.23. The Morgan fingerprint density at radius 3 is 2.67 bits per heavy atom. The summed E-state index contributed by atoms with van der Waals surface area (Å²) < 4.78 is 5.56. The van der Waals surface area contributed by atoms with Crippen LogP contribution in [0.4, 0.5) is 0 Å². The quantitative estimate of drug-likeness (QED) is 0.801. The molecular formula is C17H27NO3. The van der Waals surface area contributed by atoms with E-state index < -0.39 is 0 Å². The summed E-state index contributed by atoms with van der Waals surface area (Å²) in [6, 6.07) is 7.06. The van der Waals surface area contributed by atoms with Crippen molar-refractivity contribution in [2.75, 3.05) is 20.3 Å². The molecule has 0 aliphatic heterocycles. The van der Waals surface area contributed by atoms with E-state index in [9.17, 15) is 9.90 Å². The number of carbonyl (C=O) groups is 1. The SMILES string of the molecule is CCCOc1cccc(C(=O)N(C)[C@H](CO)CC(C)C)c1. The molecule has 21 heavy (non-hydrogen) atoms. The highest BCUT2D eigenvalue weighted by Crippen LogP contribution is 2.17. The summed E-state index contributed by atoms with van der Waals surface area (Å²) in [5.41, 5.74) is 0.591. The molecule has 1 aromatic rings. The van der Waals surface area contributed by atoms with Crippen LogP contribution in [-0.2, 0) is 0 Å². The smallest absolute Gasteiger partial charge is 0.254 e. The molecule has 4 heteroatoms. The minimum absolute atomic E-state index is 0.0214. The topological polar surface area (TPSA) is 49.8 Å². The molecule has 0 fully saturated rings.